The maximum Gasteiger partial charge on any atom is 0.296 e. The number of hydrogen-bond acceptors (Lipinski definition) is 6. The van der Waals surface area contributed by atoms with E-state index in [1.807, 2.05) is 13.8 Å². The average molecular weight is 583 g/mol. The second kappa shape index (κ2) is 10.4. The smallest absolute Gasteiger partial charge is 0.296 e. The second-order valence-corrected chi connectivity index (χ2v) is 15.7. The highest BCUT2D eigenvalue weighted by Gasteiger charge is 2.60. The first-order chi connectivity index (χ1) is 19.3. The standard InChI is InChI=1S/C34H46O6S/c1-20-6-10-25(11-7-20)41(37,38)39-19-21(2)8-13-29-22(3)32-30(40-29)18-28-26-12-9-23-16-24(35)17-31(36)34(23,5)27(26)14-15-33(28,32)4/h6-7,9-12,21,23-24,27,30-32,35-36H,8,13-19H2,1-5H3/t21-,23?,24-,27+,30+,31+,32+,33+,34+/m1/s1. The summed E-state index contributed by atoms with van der Waals surface area (Å²) in [5.74, 6) is 2.03. The van der Waals surface area contributed by atoms with Crippen molar-refractivity contribution in [3.63, 3.8) is 0 Å². The first-order valence-electron chi connectivity index (χ1n) is 15.4. The Morgan fingerprint density at radius 3 is 2.59 bits per heavy atom. The van der Waals surface area contributed by atoms with E-state index in [1.54, 1.807) is 24.3 Å². The van der Waals surface area contributed by atoms with Gasteiger partial charge in [-0.2, -0.15) is 8.42 Å². The number of rotatable bonds is 7. The Kier molecular flexibility index (Phi) is 7.37. The summed E-state index contributed by atoms with van der Waals surface area (Å²) in [5, 5.41) is 21.5. The highest BCUT2D eigenvalue weighted by Crippen LogP contribution is 2.66. The summed E-state index contributed by atoms with van der Waals surface area (Å²) >= 11 is 0. The van der Waals surface area contributed by atoms with Crippen LogP contribution < -0.4 is 0 Å². The molecular formula is C34H46O6S. The Morgan fingerprint density at radius 2 is 1.85 bits per heavy atom. The lowest BCUT2D eigenvalue weighted by Gasteiger charge is -2.56. The molecular weight excluding hydrogens is 536 g/mol. The molecule has 2 fully saturated rings. The molecule has 2 saturated carbocycles. The number of benzene rings is 1. The molecule has 1 unspecified atom stereocenters. The Balaban J connectivity index is 1.14. The Hall–Kier alpha value is -1.93. The van der Waals surface area contributed by atoms with E-state index >= 15 is 0 Å². The molecule has 0 spiro atoms. The van der Waals surface area contributed by atoms with Crippen molar-refractivity contribution in [2.45, 2.75) is 103 Å². The van der Waals surface area contributed by atoms with Crippen molar-refractivity contribution in [1.82, 2.24) is 0 Å². The molecule has 5 aliphatic rings. The van der Waals surface area contributed by atoms with Gasteiger partial charge in [0.1, 0.15) is 6.10 Å². The zero-order chi connectivity index (χ0) is 29.3. The highest BCUT2D eigenvalue weighted by molar-refractivity contribution is 7.86. The van der Waals surface area contributed by atoms with Gasteiger partial charge >= 0.3 is 0 Å². The SMILES string of the molecule is CC1=C(CC[C@@H](C)COS(=O)(=O)c2ccc(C)cc2)O[C@H]2CC3=C4C=CC5C[C@@H](O)C[C@H](O)[C@]5(C)[C@H]4CC[C@]3(C)[C@@H]12. The van der Waals surface area contributed by atoms with Crippen LogP contribution in [0.4, 0.5) is 0 Å². The normalized spacial score (nSPS) is 38.7. The molecule has 1 aromatic rings. The number of fused-ring (bicyclic) bond motifs is 6. The Bertz CT molecular complexity index is 1390. The van der Waals surface area contributed by atoms with Crippen LogP contribution in [0.15, 0.2) is 63.8 Å². The summed E-state index contributed by atoms with van der Waals surface area (Å²) < 4.78 is 37.3. The fraction of sp³-hybridized carbons (Fsp3) is 0.647. The molecule has 0 bridgehead atoms. The van der Waals surface area contributed by atoms with Gasteiger partial charge in [-0.15, -0.1) is 0 Å². The number of aliphatic hydroxyl groups excluding tert-OH is 2. The second-order valence-electron chi connectivity index (χ2n) is 14.1. The molecule has 1 heterocycles. The fourth-order valence-electron chi connectivity index (χ4n) is 8.99. The predicted octanol–water partition coefficient (Wildman–Crippen LogP) is 6.23. The van der Waals surface area contributed by atoms with Gasteiger partial charge < -0.3 is 14.9 Å². The van der Waals surface area contributed by atoms with Crippen LogP contribution in [0.3, 0.4) is 0 Å². The minimum absolute atomic E-state index is 0.0475. The van der Waals surface area contributed by atoms with E-state index in [0.29, 0.717) is 18.3 Å². The summed E-state index contributed by atoms with van der Waals surface area (Å²) in [6, 6.07) is 6.75. The number of aryl methyl sites for hydroxylation is 1. The lowest BCUT2D eigenvalue weighted by Crippen LogP contribution is -2.54. The molecule has 2 N–H and O–H groups in total. The molecule has 224 valence electrons. The van der Waals surface area contributed by atoms with Crippen LogP contribution in [0, 0.1) is 41.4 Å². The summed E-state index contributed by atoms with van der Waals surface area (Å²) in [4.78, 5) is 0.196. The Morgan fingerprint density at radius 1 is 1.12 bits per heavy atom. The summed E-state index contributed by atoms with van der Waals surface area (Å²) in [6.07, 6.45) is 9.66. The van der Waals surface area contributed by atoms with E-state index in [4.69, 9.17) is 8.92 Å². The van der Waals surface area contributed by atoms with Crippen molar-refractivity contribution < 1.29 is 27.6 Å². The summed E-state index contributed by atoms with van der Waals surface area (Å²) in [5.41, 5.74) is 5.11. The largest absolute Gasteiger partial charge is 0.494 e. The first kappa shape index (κ1) is 29.2. The third-order valence-electron chi connectivity index (χ3n) is 11.5. The average Bonchev–Trinajstić information content (AvgIpc) is 3.40. The van der Waals surface area contributed by atoms with Crippen LogP contribution in [-0.4, -0.2) is 43.5 Å². The minimum atomic E-state index is -3.76. The predicted molar refractivity (Wildman–Crippen MR) is 158 cm³/mol. The van der Waals surface area contributed by atoms with Gasteiger partial charge in [0.25, 0.3) is 10.1 Å². The quantitative estimate of drug-likeness (QED) is 0.370. The van der Waals surface area contributed by atoms with Gasteiger partial charge in [-0.1, -0.05) is 56.2 Å². The van der Waals surface area contributed by atoms with Gasteiger partial charge in [-0.25, -0.2) is 0 Å². The molecule has 6 rings (SSSR count). The van der Waals surface area contributed by atoms with E-state index in [-0.39, 0.29) is 40.3 Å². The molecule has 0 amide bonds. The number of ether oxygens (including phenoxy) is 1. The van der Waals surface area contributed by atoms with E-state index in [9.17, 15) is 18.6 Å². The van der Waals surface area contributed by atoms with Crippen LogP contribution >= 0.6 is 0 Å². The lowest BCUT2D eigenvalue weighted by atomic mass is 9.50. The summed E-state index contributed by atoms with van der Waals surface area (Å²) in [7, 11) is -3.76. The maximum atomic E-state index is 12.6. The zero-order valence-corrected chi connectivity index (χ0v) is 25.9. The number of hydrogen-bond donors (Lipinski definition) is 2. The van der Waals surface area contributed by atoms with Crippen LogP contribution in [-0.2, 0) is 19.0 Å². The van der Waals surface area contributed by atoms with E-state index in [0.717, 1.165) is 49.8 Å². The van der Waals surface area contributed by atoms with Crippen LogP contribution in [0.25, 0.3) is 0 Å². The third kappa shape index (κ3) is 4.75. The highest BCUT2D eigenvalue weighted by atomic mass is 32.2. The molecule has 4 aliphatic carbocycles. The molecule has 9 atom stereocenters. The van der Waals surface area contributed by atoms with Gasteiger partial charge in [0.05, 0.1) is 29.5 Å². The molecule has 6 nitrogen and oxygen atoms in total. The van der Waals surface area contributed by atoms with Crippen molar-refractivity contribution in [2.24, 2.45) is 34.5 Å². The van der Waals surface area contributed by atoms with E-state index < -0.39 is 22.3 Å². The fourth-order valence-corrected chi connectivity index (χ4v) is 10.0. The van der Waals surface area contributed by atoms with Gasteiger partial charge in [-0.05, 0) is 92.4 Å². The molecule has 0 radical (unpaired) electrons. The zero-order valence-electron chi connectivity index (χ0n) is 25.1. The van der Waals surface area contributed by atoms with Crippen LogP contribution in [0.1, 0.15) is 78.2 Å². The van der Waals surface area contributed by atoms with Crippen molar-refractivity contribution in [2.75, 3.05) is 6.61 Å². The maximum absolute atomic E-state index is 12.6. The molecule has 41 heavy (non-hydrogen) atoms. The van der Waals surface area contributed by atoms with Crippen molar-refractivity contribution >= 4 is 10.1 Å². The van der Waals surface area contributed by atoms with Crippen molar-refractivity contribution in [3.05, 3.63) is 64.5 Å². The van der Waals surface area contributed by atoms with Gasteiger partial charge in [0.2, 0.25) is 0 Å². The van der Waals surface area contributed by atoms with E-state index in [1.165, 1.54) is 16.7 Å². The van der Waals surface area contributed by atoms with Crippen molar-refractivity contribution in [1.29, 1.82) is 0 Å². The topological polar surface area (TPSA) is 93.1 Å². The monoisotopic (exact) mass is 582 g/mol. The first-order valence-corrected chi connectivity index (χ1v) is 16.9. The van der Waals surface area contributed by atoms with E-state index in [2.05, 4.69) is 32.9 Å². The minimum Gasteiger partial charge on any atom is -0.494 e. The summed E-state index contributed by atoms with van der Waals surface area (Å²) in [6.45, 7) is 11.0. The molecule has 1 aromatic carbocycles. The van der Waals surface area contributed by atoms with Crippen LogP contribution in [0.5, 0.6) is 0 Å². The molecule has 1 aliphatic heterocycles. The number of allylic oxidation sites excluding steroid dienone is 4. The van der Waals surface area contributed by atoms with Gasteiger partial charge in [-0.3, -0.25) is 4.18 Å². The molecule has 0 aromatic heterocycles. The number of aliphatic hydroxyl groups is 2. The lowest BCUT2D eigenvalue weighted by molar-refractivity contribution is -0.103. The third-order valence-corrected chi connectivity index (χ3v) is 12.8. The van der Waals surface area contributed by atoms with Gasteiger partial charge in [0.15, 0.2) is 0 Å². The Labute approximate surface area is 245 Å². The van der Waals surface area contributed by atoms with Crippen molar-refractivity contribution in [3.8, 4) is 0 Å². The van der Waals surface area contributed by atoms with Gasteiger partial charge in [0, 0.05) is 24.2 Å². The van der Waals surface area contributed by atoms with Crippen LogP contribution in [0.2, 0.25) is 0 Å². The molecule has 7 heteroatoms. The molecule has 0 saturated heterocycles.